The summed E-state index contributed by atoms with van der Waals surface area (Å²) in [6, 6.07) is 9.58. The Morgan fingerprint density at radius 2 is 2.11 bits per heavy atom. The van der Waals surface area contributed by atoms with E-state index in [1.807, 2.05) is 0 Å². The largest absolute Gasteiger partial charge is 0.362 e. The predicted molar refractivity (Wildman–Crippen MR) is 78.5 cm³/mol. The van der Waals surface area contributed by atoms with Crippen molar-refractivity contribution in [3.05, 3.63) is 29.8 Å². The van der Waals surface area contributed by atoms with E-state index in [1.54, 1.807) is 0 Å². The average Bonchev–Trinajstić information content (AvgIpc) is 3.13. The maximum atomic E-state index is 6.29. The smallest absolute Gasteiger partial charge is 0.0691 e. The molecule has 1 aromatic rings. The zero-order chi connectivity index (χ0) is 12.9. The molecule has 3 nitrogen and oxygen atoms in total. The van der Waals surface area contributed by atoms with Gasteiger partial charge in [-0.25, -0.2) is 0 Å². The molecule has 2 fully saturated rings. The number of hydrogen-bond donors (Lipinski definition) is 1. The van der Waals surface area contributed by atoms with Gasteiger partial charge in [-0.1, -0.05) is 18.2 Å². The summed E-state index contributed by atoms with van der Waals surface area (Å²) in [5.74, 6) is 0. The molecular formula is C16H23N3. The molecule has 3 aliphatic rings. The molecule has 0 radical (unpaired) electrons. The molecule has 2 unspecified atom stereocenters. The molecule has 2 saturated heterocycles. The second kappa shape index (κ2) is 4.22. The fraction of sp³-hybridized carbons (Fsp3) is 0.625. The third-order valence-electron chi connectivity index (χ3n) is 5.59. The van der Waals surface area contributed by atoms with Crippen LogP contribution in [0, 0.1) is 0 Å². The van der Waals surface area contributed by atoms with Gasteiger partial charge < -0.3 is 10.6 Å². The number of anilines is 1. The topological polar surface area (TPSA) is 32.5 Å². The summed E-state index contributed by atoms with van der Waals surface area (Å²) in [6.07, 6.45) is 5.10. The fourth-order valence-electron chi connectivity index (χ4n) is 4.67. The number of rotatable bonds is 2. The van der Waals surface area contributed by atoms with Crippen LogP contribution in [0.1, 0.15) is 24.8 Å². The van der Waals surface area contributed by atoms with Crippen LogP contribution in [0.15, 0.2) is 24.3 Å². The summed E-state index contributed by atoms with van der Waals surface area (Å²) in [4.78, 5) is 5.33. The Labute approximate surface area is 115 Å². The van der Waals surface area contributed by atoms with E-state index in [1.165, 1.54) is 50.0 Å². The molecule has 0 amide bonds. The van der Waals surface area contributed by atoms with Crippen molar-refractivity contribution in [2.45, 2.75) is 37.3 Å². The molecule has 2 atom stereocenters. The van der Waals surface area contributed by atoms with Gasteiger partial charge in [0.2, 0.25) is 0 Å². The second-order valence-electron chi connectivity index (χ2n) is 6.28. The minimum absolute atomic E-state index is 0.198. The standard InChI is InChI=1S/C16H23N3/c17-12-16(8-11-18-9-3-6-15(16)18)19-10-7-13-4-1-2-5-14(13)19/h1-2,4-5,15H,3,6-12,17H2. The number of fused-ring (bicyclic) bond motifs is 2. The van der Waals surface area contributed by atoms with Gasteiger partial charge in [-0.15, -0.1) is 0 Å². The minimum atomic E-state index is 0.198. The Bertz CT molecular complexity index is 487. The molecule has 0 aromatic heterocycles. The first kappa shape index (κ1) is 11.7. The van der Waals surface area contributed by atoms with Crippen LogP contribution in [0.25, 0.3) is 0 Å². The number of nitrogens with zero attached hydrogens (tertiary/aromatic N) is 2. The molecular weight excluding hydrogens is 234 g/mol. The van der Waals surface area contributed by atoms with Crippen LogP contribution in [0.3, 0.4) is 0 Å². The molecule has 102 valence electrons. The zero-order valence-electron chi connectivity index (χ0n) is 11.5. The molecule has 3 aliphatic heterocycles. The molecule has 19 heavy (non-hydrogen) atoms. The lowest BCUT2D eigenvalue weighted by atomic mass is 9.86. The van der Waals surface area contributed by atoms with Crippen LogP contribution in [0.2, 0.25) is 0 Å². The summed E-state index contributed by atoms with van der Waals surface area (Å²) < 4.78 is 0. The van der Waals surface area contributed by atoms with E-state index < -0.39 is 0 Å². The van der Waals surface area contributed by atoms with Gasteiger partial charge in [-0.05, 0) is 43.9 Å². The Morgan fingerprint density at radius 1 is 1.21 bits per heavy atom. The summed E-state index contributed by atoms with van der Waals surface area (Å²) in [6.45, 7) is 4.46. The van der Waals surface area contributed by atoms with E-state index in [-0.39, 0.29) is 5.54 Å². The van der Waals surface area contributed by atoms with Gasteiger partial charge >= 0.3 is 0 Å². The van der Waals surface area contributed by atoms with Gasteiger partial charge in [-0.2, -0.15) is 0 Å². The molecule has 2 N–H and O–H groups in total. The number of nitrogens with two attached hydrogens (primary N) is 1. The number of para-hydroxylation sites is 1. The predicted octanol–water partition coefficient (Wildman–Crippen LogP) is 1.61. The number of hydrogen-bond acceptors (Lipinski definition) is 3. The molecule has 0 bridgehead atoms. The minimum Gasteiger partial charge on any atom is -0.362 e. The molecule has 0 saturated carbocycles. The van der Waals surface area contributed by atoms with Crippen molar-refractivity contribution < 1.29 is 0 Å². The van der Waals surface area contributed by atoms with Crippen LogP contribution in [0.4, 0.5) is 5.69 Å². The highest BCUT2D eigenvalue weighted by molar-refractivity contribution is 5.61. The lowest BCUT2D eigenvalue weighted by Crippen LogP contribution is -2.59. The van der Waals surface area contributed by atoms with Crippen LogP contribution in [-0.2, 0) is 6.42 Å². The zero-order valence-corrected chi connectivity index (χ0v) is 11.5. The van der Waals surface area contributed by atoms with Crippen LogP contribution >= 0.6 is 0 Å². The van der Waals surface area contributed by atoms with Crippen LogP contribution in [0.5, 0.6) is 0 Å². The lowest BCUT2D eigenvalue weighted by Gasteiger charge is -2.44. The van der Waals surface area contributed by atoms with Crippen molar-refractivity contribution in [1.82, 2.24) is 4.90 Å². The first-order valence-corrected chi connectivity index (χ1v) is 7.65. The van der Waals surface area contributed by atoms with Gasteiger partial charge in [0.05, 0.1) is 5.54 Å². The van der Waals surface area contributed by atoms with E-state index in [4.69, 9.17) is 5.73 Å². The van der Waals surface area contributed by atoms with Gasteiger partial charge in [0, 0.05) is 31.4 Å². The van der Waals surface area contributed by atoms with E-state index in [0.29, 0.717) is 6.04 Å². The fourth-order valence-corrected chi connectivity index (χ4v) is 4.67. The Morgan fingerprint density at radius 3 is 3.00 bits per heavy atom. The van der Waals surface area contributed by atoms with Crippen molar-refractivity contribution in [2.75, 3.05) is 31.1 Å². The molecule has 0 aliphatic carbocycles. The summed E-state index contributed by atoms with van der Waals surface area (Å²) >= 11 is 0. The van der Waals surface area contributed by atoms with Crippen molar-refractivity contribution in [3.8, 4) is 0 Å². The number of benzene rings is 1. The van der Waals surface area contributed by atoms with Crippen molar-refractivity contribution in [2.24, 2.45) is 5.73 Å². The first-order valence-electron chi connectivity index (χ1n) is 7.65. The molecule has 0 spiro atoms. The van der Waals surface area contributed by atoms with E-state index in [2.05, 4.69) is 34.1 Å². The Kier molecular flexibility index (Phi) is 2.61. The Hall–Kier alpha value is -1.06. The first-order chi connectivity index (χ1) is 9.35. The van der Waals surface area contributed by atoms with Crippen LogP contribution in [-0.4, -0.2) is 42.7 Å². The normalized spacial score (nSPS) is 33.7. The van der Waals surface area contributed by atoms with E-state index in [0.717, 1.165) is 13.1 Å². The highest BCUT2D eigenvalue weighted by Crippen LogP contribution is 2.44. The van der Waals surface area contributed by atoms with E-state index in [9.17, 15) is 0 Å². The SMILES string of the molecule is NCC1(N2CCc3ccccc32)CCN2CCCC21. The quantitative estimate of drug-likeness (QED) is 0.874. The maximum Gasteiger partial charge on any atom is 0.0691 e. The van der Waals surface area contributed by atoms with Crippen molar-refractivity contribution >= 4 is 5.69 Å². The molecule has 3 heteroatoms. The van der Waals surface area contributed by atoms with Gasteiger partial charge in [0.15, 0.2) is 0 Å². The summed E-state index contributed by atoms with van der Waals surface area (Å²) in [5, 5.41) is 0. The van der Waals surface area contributed by atoms with Gasteiger partial charge in [-0.3, -0.25) is 4.90 Å². The average molecular weight is 257 g/mol. The molecule has 1 aromatic carbocycles. The third-order valence-corrected chi connectivity index (χ3v) is 5.59. The van der Waals surface area contributed by atoms with E-state index >= 15 is 0 Å². The summed E-state index contributed by atoms with van der Waals surface area (Å²) in [5.41, 5.74) is 9.44. The molecule has 4 rings (SSSR count). The maximum absolute atomic E-state index is 6.29. The van der Waals surface area contributed by atoms with Crippen molar-refractivity contribution in [3.63, 3.8) is 0 Å². The molecule has 3 heterocycles. The van der Waals surface area contributed by atoms with Gasteiger partial charge in [0.25, 0.3) is 0 Å². The summed E-state index contributed by atoms with van der Waals surface area (Å²) in [7, 11) is 0. The van der Waals surface area contributed by atoms with Crippen molar-refractivity contribution in [1.29, 1.82) is 0 Å². The monoisotopic (exact) mass is 257 g/mol. The highest BCUT2D eigenvalue weighted by Gasteiger charge is 2.52. The van der Waals surface area contributed by atoms with Gasteiger partial charge in [0.1, 0.15) is 0 Å². The highest BCUT2D eigenvalue weighted by atomic mass is 15.3. The second-order valence-corrected chi connectivity index (χ2v) is 6.28. The Balaban J connectivity index is 1.74. The lowest BCUT2D eigenvalue weighted by molar-refractivity contribution is 0.258. The van der Waals surface area contributed by atoms with Crippen LogP contribution < -0.4 is 10.6 Å². The third kappa shape index (κ3) is 1.52.